The molecule has 5 unspecified atom stereocenters. The Hall–Kier alpha value is -0.570. The Morgan fingerprint density at radius 1 is 1.16 bits per heavy atom. The Bertz CT molecular complexity index is 305. The van der Waals surface area contributed by atoms with Gasteiger partial charge in [-0.25, -0.2) is 0 Å². The average Bonchev–Trinajstić information content (AvgIpc) is 2.79. The maximum atomic E-state index is 12.5. The van der Waals surface area contributed by atoms with Gasteiger partial charge >= 0.3 is 0 Å². The van der Waals surface area contributed by atoms with Crippen LogP contribution < -0.4 is 11.1 Å². The van der Waals surface area contributed by atoms with E-state index in [1.165, 1.54) is 25.7 Å². The predicted octanol–water partition coefficient (Wildman–Crippen LogP) is 2.69. The van der Waals surface area contributed by atoms with E-state index in [2.05, 4.69) is 19.2 Å². The van der Waals surface area contributed by atoms with E-state index in [1.807, 2.05) is 0 Å². The van der Waals surface area contributed by atoms with Gasteiger partial charge in [0.2, 0.25) is 5.91 Å². The van der Waals surface area contributed by atoms with Crippen molar-refractivity contribution in [3.63, 3.8) is 0 Å². The fourth-order valence-electron chi connectivity index (χ4n) is 4.15. The molecule has 0 aliphatic heterocycles. The predicted molar refractivity (Wildman–Crippen MR) is 78.6 cm³/mol. The number of amides is 1. The van der Waals surface area contributed by atoms with Crippen molar-refractivity contribution in [2.24, 2.45) is 29.4 Å². The summed E-state index contributed by atoms with van der Waals surface area (Å²) < 4.78 is 0. The zero-order chi connectivity index (χ0) is 13.8. The quantitative estimate of drug-likeness (QED) is 0.822. The highest BCUT2D eigenvalue weighted by molar-refractivity contribution is 5.79. The summed E-state index contributed by atoms with van der Waals surface area (Å²) in [6.45, 7) is 5.22. The summed E-state index contributed by atoms with van der Waals surface area (Å²) in [7, 11) is 0. The summed E-state index contributed by atoms with van der Waals surface area (Å²) in [5, 5.41) is 3.33. The Kier molecular flexibility index (Phi) is 5.26. The number of nitrogens with one attached hydrogen (secondary N) is 1. The molecule has 3 N–H and O–H groups in total. The molecule has 110 valence electrons. The molecule has 0 aromatic heterocycles. The highest BCUT2D eigenvalue weighted by Crippen LogP contribution is 2.35. The van der Waals surface area contributed by atoms with Gasteiger partial charge in [-0.15, -0.1) is 0 Å². The van der Waals surface area contributed by atoms with Crippen molar-refractivity contribution >= 4 is 5.91 Å². The summed E-state index contributed by atoms with van der Waals surface area (Å²) in [5.41, 5.74) is 5.83. The standard InChI is InChI=1S/C16H30N2O/c1-3-12-8-9-15(11(12)2)18-16(19)14-7-5-4-6-13(14)10-17/h11-15H,3-10,17H2,1-2H3,(H,18,19). The molecule has 2 aliphatic rings. The van der Waals surface area contributed by atoms with E-state index in [9.17, 15) is 4.79 Å². The number of hydrogen-bond donors (Lipinski definition) is 2. The van der Waals surface area contributed by atoms with Crippen molar-refractivity contribution in [3.8, 4) is 0 Å². The first-order chi connectivity index (χ1) is 9.17. The van der Waals surface area contributed by atoms with Crippen LogP contribution in [0.25, 0.3) is 0 Å². The van der Waals surface area contributed by atoms with E-state index in [-0.39, 0.29) is 11.8 Å². The number of carbonyl (C=O) groups excluding carboxylic acids is 1. The molecule has 2 aliphatic carbocycles. The van der Waals surface area contributed by atoms with Crippen molar-refractivity contribution in [1.29, 1.82) is 0 Å². The molecule has 19 heavy (non-hydrogen) atoms. The van der Waals surface area contributed by atoms with Gasteiger partial charge in [-0.2, -0.15) is 0 Å². The summed E-state index contributed by atoms with van der Waals surface area (Å²) in [6.07, 6.45) is 8.26. The molecule has 0 heterocycles. The molecule has 2 fully saturated rings. The van der Waals surface area contributed by atoms with Gasteiger partial charge in [0.1, 0.15) is 0 Å². The molecule has 0 saturated heterocycles. The van der Waals surface area contributed by atoms with Gasteiger partial charge in [0.15, 0.2) is 0 Å². The summed E-state index contributed by atoms with van der Waals surface area (Å²) in [4.78, 5) is 12.5. The lowest BCUT2D eigenvalue weighted by molar-refractivity contribution is -0.128. The number of carbonyl (C=O) groups is 1. The first-order valence-corrected chi connectivity index (χ1v) is 8.17. The fraction of sp³-hybridized carbons (Fsp3) is 0.938. The highest BCUT2D eigenvalue weighted by atomic mass is 16.2. The average molecular weight is 266 g/mol. The smallest absolute Gasteiger partial charge is 0.223 e. The molecule has 1 amide bonds. The van der Waals surface area contributed by atoms with Crippen molar-refractivity contribution in [3.05, 3.63) is 0 Å². The van der Waals surface area contributed by atoms with Crippen LogP contribution >= 0.6 is 0 Å². The number of hydrogen-bond acceptors (Lipinski definition) is 2. The Balaban J connectivity index is 1.90. The zero-order valence-corrected chi connectivity index (χ0v) is 12.5. The van der Waals surface area contributed by atoms with Crippen LogP contribution in [0.4, 0.5) is 0 Å². The Morgan fingerprint density at radius 2 is 1.89 bits per heavy atom. The van der Waals surface area contributed by atoms with Gasteiger partial charge in [-0.05, 0) is 50.0 Å². The van der Waals surface area contributed by atoms with Gasteiger partial charge in [-0.1, -0.05) is 33.1 Å². The van der Waals surface area contributed by atoms with E-state index in [4.69, 9.17) is 5.73 Å². The van der Waals surface area contributed by atoms with Crippen LogP contribution in [0.2, 0.25) is 0 Å². The zero-order valence-electron chi connectivity index (χ0n) is 12.5. The van der Waals surface area contributed by atoms with Crippen LogP contribution in [-0.2, 0) is 4.79 Å². The van der Waals surface area contributed by atoms with E-state index >= 15 is 0 Å². The van der Waals surface area contributed by atoms with Crippen LogP contribution in [0.5, 0.6) is 0 Å². The summed E-state index contributed by atoms with van der Waals surface area (Å²) in [5.74, 6) is 2.29. The lowest BCUT2D eigenvalue weighted by Crippen LogP contribution is -2.45. The molecule has 3 heteroatoms. The van der Waals surface area contributed by atoms with Crippen molar-refractivity contribution < 1.29 is 4.79 Å². The molecular formula is C16H30N2O. The third-order valence-electron chi connectivity index (χ3n) is 5.63. The molecule has 2 rings (SSSR count). The van der Waals surface area contributed by atoms with Gasteiger partial charge in [0, 0.05) is 12.0 Å². The summed E-state index contributed by atoms with van der Waals surface area (Å²) >= 11 is 0. The Labute approximate surface area is 117 Å². The lowest BCUT2D eigenvalue weighted by Gasteiger charge is -2.31. The number of rotatable bonds is 4. The Morgan fingerprint density at radius 3 is 2.53 bits per heavy atom. The van der Waals surface area contributed by atoms with Crippen molar-refractivity contribution in [2.45, 2.75) is 64.8 Å². The lowest BCUT2D eigenvalue weighted by atomic mass is 9.78. The molecule has 0 spiro atoms. The molecule has 0 radical (unpaired) electrons. The first-order valence-electron chi connectivity index (χ1n) is 8.17. The molecule has 0 aromatic rings. The van der Waals surface area contributed by atoms with Crippen molar-refractivity contribution in [2.75, 3.05) is 6.54 Å². The highest BCUT2D eigenvalue weighted by Gasteiger charge is 2.36. The second-order valence-corrected chi connectivity index (χ2v) is 6.61. The van der Waals surface area contributed by atoms with E-state index < -0.39 is 0 Å². The van der Waals surface area contributed by atoms with E-state index in [1.54, 1.807) is 0 Å². The second-order valence-electron chi connectivity index (χ2n) is 6.61. The van der Waals surface area contributed by atoms with Gasteiger partial charge in [-0.3, -0.25) is 4.79 Å². The fourth-order valence-corrected chi connectivity index (χ4v) is 4.15. The van der Waals surface area contributed by atoms with Crippen LogP contribution in [0.15, 0.2) is 0 Å². The maximum absolute atomic E-state index is 12.5. The molecule has 0 bridgehead atoms. The topological polar surface area (TPSA) is 55.1 Å². The van der Waals surface area contributed by atoms with Crippen molar-refractivity contribution in [1.82, 2.24) is 5.32 Å². The molecule has 2 saturated carbocycles. The van der Waals surface area contributed by atoms with Gasteiger partial charge in [0.05, 0.1) is 0 Å². The van der Waals surface area contributed by atoms with Crippen LogP contribution in [0.1, 0.15) is 58.8 Å². The maximum Gasteiger partial charge on any atom is 0.223 e. The summed E-state index contributed by atoms with van der Waals surface area (Å²) in [6, 6.07) is 0.401. The third kappa shape index (κ3) is 3.31. The number of nitrogens with two attached hydrogens (primary N) is 1. The molecule has 5 atom stereocenters. The minimum Gasteiger partial charge on any atom is -0.353 e. The largest absolute Gasteiger partial charge is 0.353 e. The third-order valence-corrected chi connectivity index (χ3v) is 5.63. The molecular weight excluding hydrogens is 236 g/mol. The van der Waals surface area contributed by atoms with E-state index in [0.717, 1.165) is 25.2 Å². The van der Waals surface area contributed by atoms with Crippen LogP contribution in [0, 0.1) is 23.7 Å². The molecule has 3 nitrogen and oxygen atoms in total. The molecule has 0 aromatic carbocycles. The SMILES string of the molecule is CCC1CCC(NC(=O)C2CCCCC2CN)C1C. The monoisotopic (exact) mass is 266 g/mol. The van der Waals surface area contributed by atoms with Gasteiger partial charge in [0.25, 0.3) is 0 Å². The van der Waals surface area contributed by atoms with Gasteiger partial charge < -0.3 is 11.1 Å². The van der Waals surface area contributed by atoms with E-state index in [0.29, 0.717) is 24.4 Å². The first kappa shape index (κ1) is 14.8. The van der Waals surface area contributed by atoms with Crippen LogP contribution in [0.3, 0.4) is 0 Å². The normalized spacial score (nSPS) is 39.2. The van der Waals surface area contributed by atoms with Crippen LogP contribution in [-0.4, -0.2) is 18.5 Å². The minimum atomic E-state index is 0.173. The second kappa shape index (κ2) is 6.74. The minimum absolute atomic E-state index is 0.173.